The van der Waals surface area contributed by atoms with Crippen LogP contribution in [0.25, 0.3) is 0 Å². The zero-order valence-corrected chi connectivity index (χ0v) is 24.6. The molecule has 8 heteroatoms. The summed E-state index contributed by atoms with van der Waals surface area (Å²) in [5.41, 5.74) is 7.60. The number of alkyl carbamates (subject to hydrolysis) is 1. The Morgan fingerprint density at radius 2 is 1.59 bits per heavy atom. The van der Waals surface area contributed by atoms with Crippen molar-refractivity contribution in [3.05, 3.63) is 106 Å². The predicted octanol–water partition coefficient (Wildman–Crippen LogP) is 5.98. The third kappa shape index (κ3) is 7.34. The molecule has 0 aromatic heterocycles. The summed E-state index contributed by atoms with van der Waals surface area (Å²) in [5, 5.41) is 3.31. The summed E-state index contributed by atoms with van der Waals surface area (Å²) in [6, 6.07) is 25.1. The summed E-state index contributed by atoms with van der Waals surface area (Å²) in [7, 11) is 0. The summed E-state index contributed by atoms with van der Waals surface area (Å²) < 4.78 is 5.37. The number of Topliss-reactive ketones (excluding diaryl/α,β-unsaturated/α-hetero) is 1. The summed E-state index contributed by atoms with van der Waals surface area (Å²) in [5.74, 6) is -1.06. The molecule has 1 saturated heterocycles. The van der Waals surface area contributed by atoms with Crippen molar-refractivity contribution >= 4 is 29.4 Å². The molecule has 1 aliphatic heterocycles. The lowest BCUT2D eigenvalue weighted by molar-refractivity contribution is -0.141. The molecule has 1 atom stereocenters. The van der Waals surface area contributed by atoms with Gasteiger partial charge in [-0.15, -0.1) is 0 Å². The Balaban J connectivity index is 1.61. The Kier molecular flexibility index (Phi) is 9.51. The summed E-state index contributed by atoms with van der Waals surface area (Å²) in [6.45, 7) is 6.41. The Hall–Kier alpha value is -3.68. The molecular weight excluding hydrogens is 538 g/mol. The van der Waals surface area contributed by atoms with E-state index in [9.17, 15) is 14.4 Å². The van der Waals surface area contributed by atoms with Gasteiger partial charge in [0.1, 0.15) is 5.60 Å². The standard InChI is InChI=1S/C33H38ClN3O4/c1-32(2,3)41-31(40)36-21-25-15-16-27(34)19-26(25)22-37-18-10-17-33(37,30(35)39)29(38)20-28(23-11-6-4-7-12-23)24-13-8-5-9-14-24/h4-9,11-16,19,28H,10,17-18,20-22H2,1-3H3,(H2,35,39)(H,36,40)/t33-/m1/s1. The van der Waals surface area contributed by atoms with Crippen LogP contribution in [0.4, 0.5) is 4.79 Å². The number of primary amides is 1. The molecule has 4 rings (SSSR count). The van der Waals surface area contributed by atoms with Crippen molar-refractivity contribution in [1.29, 1.82) is 0 Å². The first-order valence-corrected chi connectivity index (χ1v) is 14.3. The lowest BCUT2D eigenvalue weighted by Gasteiger charge is -2.36. The number of nitrogens with zero attached hydrogens (tertiary/aromatic N) is 1. The maximum atomic E-state index is 14.2. The van der Waals surface area contributed by atoms with Crippen LogP contribution in [-0.2, 0) is 27.4 Å². The van der Waals surface area contributed by atoms with Gasteiger partial charge in [0.15, 0.2) is 11.3 Å². The van der Waals surface area contributed by atoms with Gasteiger partial charge in [-0.1, -0.05) is 78.3 Å². The number of carbonyl (C=O) groups excluding carboxylic acids is 3. The van der Waals surface area contributed by atoms with Gasteiger partial charge >= 0.3 is 6.09 Å². The lowest BCUT2D eigenvalue weighted by atomic mass is 9.80. The van der Waals surface area contributed by atoms with Crippen molar-refractivity contribution in [3.8, 4) is 0 Å². The van der Waals surface area contributed by atoms with E-state index in [-0.39, 0.29) is 31.2 Å². The van der Waals surface area contributed by atoms with Crippen LogP contribution in [-0.4, -0.2) is 40.4 Å². The molecule has 3 aromatic carbocycles. The van der Waals surface area contributed by atoms with Crippen LogP contribution < -0.4 is 11.1 Å². The molecule has 0 bridgehead atoms. The fourth-order valence-corrected chi connectivity index (χ4v) is 5.77. The second-order valence-electron chi connectivity index (χ2n) is 11.5. The molecule has 2 amide bonds. The fraction of sp³-hybridized carbons (Fsp3) is 0.364. The summed E-state index contributed by atoms with van der Waals surface area (Å²) in [4.78, 5) is 41.6. The Labute approximate surface area is 247 Å². The zero-order valence-electron chi connectivity index (χ0n) is 23.9. The highest BCUT2D eigenvalue weighted by molar-refractivity contribution is 6.30. The smallest absolute Gasteiger partial charge is 0.407 e. The zero-order chi connectivity index (χ0) is 29.6. The van der Waals surface area contributed by atoms with Crippen LogP contribution in [0.2, 0.25) is 5.02 Å². The molecule has 1 aliphatic rings. The molecule has 1 heterocycles. The highest BCUT2D eigenvalue weighted by atomic mass is 35.5. The van der Waals surface area contributed by atoms with Gasteiger partial charge in [0.2, 0.25) is 5.91 Å². The van der Waals surface area contributed by atoms with E-state index in [1.807, 2.05) is 71.6 Å². The van der Waals surface area contributed by atoms with Crippen molar-refractivity contribution in [2.45, 2.75) is 70.2 Å². The summed E-state index contributed by atoms with van der Waals surface area (Å²) in [6.07, 6.45) is 0.607. The molecule has 0 aliphatic carbocycles. The van der Waals surface area contributed by atoms with E-state index >= 15 is 0 Å². The second-order valence-corrected chi connectivity index (χ2v) is 12.0. The van der Waals surface area contributed by atoms with E-state index < -0.39 is 23.1 Å². The Bertz CT molecular complexity index is 1330. The van der Waals surface area contributed by atoms with Crippen LogP contribution in [0.1, 0.15) is 68.2 Å². The number of nitrogens with two attached hydrogens (primary N) is 1. The maximum absolute atomic E-state index is 14.2. The number of hydrogen-bond donors (Lipinski definition) is 2. The molecule has 0 radical (unpaired) electrons. The van der Waals surface area contributed by atoms with E-state index in [1.54, 1.807) is 32.9 Å². The minimum absolute atomic E-state index is 0.135. The van der Waals surface area contributed by atoms with E-state index in [4.69, 9.17) is 22.1 Å². The van der Waals surface area contributed by atoms with Crippen molar-refractivity contribution in [1.82, 2.24) is 10.2 Å². The van der Waals surface area contributed by atoms with Gasteiger partial charge in [-0.05, 0) is 68.0 Å². The average molecular weight is 576 g/mol. The topological polar surface area (TPSA) is 102 Å². The largest absolute Gasteiger partial charge is 0.444 e. The van der Waals surface area contributed by atoms with E-state index in [0.29, 0.717) is 24.4 Å². The highest BCUT2D eigenvalue weighted by Crippen LogP contribution is 2.37. The number of hydrogen-bond acceptors (Lipinski definition) is 5. The molecule has 7 nitrogen and oxygen atoms in total. The number of ketones is 1. The number of benzene rings is 3. The van der Waals surface area contributed by atoms with Gasteiger partial charge in [-0.2, -0.15) is 0 Å². The molecule has 0 spiro atoms. The first-order valence-electron chi connectivity index (χ1n) is 13.9. The number of halogens is 1. The molecule has 3 aromatic rings. The number of nitrogens with one attached hydrogen (secondary N) is 1. The molecule has 0 saturated carbocycles. The molecule has 41 heavy (non-hydrogen) atoms. The van der Waals surface area contributed by atoms with Crippen LogP contribution in [0, 0.1) is 0 Å². The first kappa shape index (κ1) is 30.3. The average Bonchev–Trinajstić information content (AvgIpc) is 3.36. The van der Waals surface area contributed by atoms with Crippen LogP contribution >= 0.6 is 11.6 Å². The number of amides is 2. The maximum Gasteiger partial charge on any atom is 0.407 e. The highest BCUT2D eigenvalue weighted by Gasteiger charge is 2.52. The van der Waals surface area contributed by atoms with Crippen molar-refractivity contribution in [3.63, 3.8) is 0 Å². The van der Waals surface area contributed by atoms with Gasteiger partial charge in [0.05, 0.1) is 0 Å². The van der Waals surface area contributed by atoms with Gasteiger partial charge in [-0.3, -0.25) is 14.5 Å². The number of rotatable bonds is 10. The van der Waals surface area contributed by atoms with Crippen LogP contribution in [0.5, 0.6) is 0 Å². The summed E-state index contributed by atoms with van der Waals surface area (Å²) >= 11 is 6.36. The first-order chi connectivity index (χ1) is 19.5. The quantitative estimate of drug-likeness (QED) is 0.290. The molecular formula is C33H38ClN3O4. The van der Waals surface area contributed by atoms with E-state index in [1.165, 1.54) is 0 Å². The number of ether oxygens (including phenoxy) is 1. The SMILES string of the molecule is CC(C)(C)OC(=O)NCc1ccc(Cl)cc1CN1CCC[C@]1(C(N)=O)C(=O)CC(c1ccccc1)c1ccccc1. The normalized spacial score (nSPS) is 17.4. The van der Waals surface area contributed by atoms with Gasteiger partial charge in [0, 0.05) is 37.0 Å². The van der Waals surface area contributed by atoms with Crippen LogP contribution in [0.15, 0.2) is 78.9 Å². The monoisotopic (exact) mass is 575 g/mol. The molecule has 216 valence electrons. The molecule has 1 fully saturated rings. The van der Waals surface area contributed by atoms with Gasteiger partial charge in [-0.25, -0.2) is 4.79 Å². The van der Waals surface area contributed by atoms with E-state index in [0.717, 1.165) is 22.3 Å². The second kappa shape index (κ2) is 12.9. The fourth-order valence-electron chi connectivity index (χ4n) is 5.58. The third-order valence-electron chi connectivity index (χ3n) is 7.52. The molecule has 3 N–H and O–H groups in total. The number of carbonyl (C=O) groups is 3. The number of likely N-dealkylation sites (tertiary alicyclic amines) is 1. The van der Waals surface area contributed by atoms with Gasteiger partial charge < -0.3 is 15.8 Å². The van der Waals surface area contributed by atoms with Crippen molar-refractivity contribution < 1.29 is 19.1 Å². The van der Waals surface area contributed by atoms with Crippen molar-refractivity contribution in [2.24, 2.45) is 5.73 Å². The minimum atomic E-state index is -1.44. The van der Waals surface area contributed by atoms with Crippen LogP contribution in [0.3, 0.4) is 0 Å². The van der Waals surface area contributed by atoms with Gasteiger partial charge in [0.25, 0.3) is 0 Å². The van der Waals surface area contributed by atoms with Crippen molar-refractivity contribution in [2.75, 3.05) is 6.54 Å². The van der Waals surface area contributed by atoms with E-state index in [2.05, 4.69) is 5.32 Å². The minimum Gasteiger partial charge on any atom is -0.444 e. The Morgan fingerprint density at radius 3 is 2.15 bits per heavy atom. The third-order valence-corrected chi connectivity index (χ3v) is 7.76. The predicted molar refractivity (Wildman–Crippen MR) is 160 cm³/mol. The molecule has 0 unspecified atom stereocenters. The lowest BCUT2D eigenvalue weighted by Crippen LogP contribution is -2.59. The Morgan fingerprint density at radius 1 is 0.976 bits per heavy atom.